The van der Waals surface area contributed by atoms with Crippen LogP contribution in [0.2, 0.25) is 0 Å². The van der Waals surface area contributed by atoms with Gasteiger partial charge in [0.05, 0.1) is 33.4 Å². The summed E-state index contributed by atoms with van der Waals surface area (Å²) < 4.78 is 61.9. The number of benzene rings is 6. The van der Waals surface area contributed by atoms with E-state index in [9.17, 15) is 8.78 Å². The number of rotatable bonds is 3. The van der Waals surface area contributed by atoms with Crippen LogP contribution in [0.1, 0.15) is 0 Å². The van der Waals surface area contributed by atoms with Crippen LogP contribution in [0.15, 0.2) is 121 Å². The van der Waals surface area contributed by atoms with Gasteiger partial charge in [0, 0.05) is 33.7 Å². The Kier molecular flexibility index (Phi) is 5.28. The number of fused-ring (bicyclic) bond motifs is 6. The van der Waals surface area contributed by atoms with E-state index in [0.717, 1.165) is 72.9 Å². The molecule has 2 heterocycles. The van der Waals surface area contributed by atoms with E-state index in [-0.39, 0.29) is 11.4 Å². The van der Waals surface area contributed by atoms with Crippen molar-refractivity contribution in [1.82, 2.24) is 9.13 Å². The number of hydrogen-bond acceptors (Lipinski definition) is 0. The first-order chi connectivity index (χ1) is 20.5. The number of nitrogens with zero attached hydrogens (tertiary/aromatic N) is 2. The molecule has 6 heteroatoms. The summed E-state index contributed by atoms with van der Waals surface area (Å²) in [6, 6.07) is 34.3. The molecule has 0 spiro atoms. The number of para-hydroxylation sites is 2. The molecular weight excluding hydrogens is 536 g/mol. The molecule has 0 aliphatic rings. The lowest BCUT2D eigenvalue weighted by atomic mass is 10.0. The van der Waals surface area contributed by atoms with Crippen LogP contribution in [0.3, 0.4) is 0 Å². The molecule has 0 aliphatic carbocycles. The van der Waals surface area contributed by atoms with Gasteiger partial charge in [-0.1, -0.05) is 60.7 Å². The maximum Gasteiger partial charge on any atom is 0.150 e. The summed E-state index contributed by atoms with van der Waals surface area (Å²) >= 11 is 0. The lowest BCUT2D eigenvalue weighted by Gasteiger charge is -2.11. The average molecular weight is 557 g/mol. The van der Waals surface area contributed by atoms with Crippen molar-refractivity contribution in [3.05, 3.63) is 145 Å². The summed E-state index contributed by atoms with van der Waals surface area (Å²) in [6.07, 6.45) is 0. The topological polar surface area (TPSA) is 9.86 Å². The smallest absolute Gasteiger partial charge is 0.150 e. The van der Waals surface area contributed by atoms with Gasteiger partial charge in [0.15, 0.2) is 0 Å². The van der Waals surface area contributed by atoms with Crippen molar-refractivity contribution in [3.63, 3.8) is 0 Å². The normalized spacial score (nSPS) is 11.8. The van der Waals surface area contributed by atoms with Crippen molar-refractivity contribution in [1.29, 1.82) is 0 Å². The second-order valence-corrected chi connectivity index (χ2v) is 10.4. The average Bonchev–Trinajstić information content (AvgIpc) is 3.50. The Labute approximate surface area is 237 Å². The molecule has 42 heavy (non-hydrogen) atoms. The van der Waals surface area contributed by atoms with E-state index in [4.69, 9.17) is 0 Å². The summed E-state index contributed by atoms with van der Waals surface area (Å²) in [6.45, 7) is 0. The van der Waals surface area contributed by atoms with Crippen LogP contribution in [0, 0.1) is 23.3 Å². The van der Waals surface area contributed by atoms with Crippen molar-refractivity contribution in [3.8, 4) is 22.5 Å². The third-order valence-corrected chi connectivity index (χ3v) is 7.98. The first-order valence-electron chi connectivity index (χ1n) is 13.5. The Morgan fingerprint density at radius 1 is 0.357 bits per heavy atom. The number of halogens is 4. The maximum absolute atomic E-state index is 15.1. The Balaban J connectivity index is 1.41. The summed E-state index contributed by atoms with van der Waals surface area (Å²) in [7, 11) is 0. The molecule has 8 rings (SSSR count). The van der Waals surface area contributed by atoms with E-state index in [1.165, 1.54) is 18.2 Å². The number of hydrogen-bond donors (Lipinski definition) is 0. The molecular formula is C36H20F4N2. The van der Waals surface area contributed by atoms with Gasteiger partial charge in [0.2, 0.25) is 0 Å². The van der Waals surface area contributed by atoms with Gasteiger partial charge < -0.3 is 9.13 Å². The first kappa shape index (κ1) is 24.4. The van der Waals surface area contributed by atoms with Gasteiger partial charge in [0.25, 0.3) is 0 Å². The molecule has 0 bridgehead atoms. The largest absolute Gasteiger partial charge is 0.306 e. The second-order valence-electron chi connectivity index (χ2n) is 10.4. The molecule has 2 nitrogen and oxygen atoms in total. The Bertz CT molecular complexity index is 2360. The summed E-state index contributed by atoms with van der Waals surface area (Å²) in [5.74, 6) is -2.36. The number of aromatic nitrogens is 2. The van der Waals surface area contributed by atoms with Crippen LogP contribution in [0.5, 0.6) is 0 Å². The molecule has 0 aliphatic heterocycles. The van der Waals surface area contributed by atoms with Crippen LogP contribution < -0.4 is 0 Å². The summed E-state index contributed by atoms with van der Waals surface area (Å²) in [5, 5.41) is 3.70. The molecule has 0 atom stereocenters. The van der Waals surface area contributed by atoms with Crippen molar-refractivity contribution in [2.75, 3.05) is 0 Å². The van der Waals surface area contributed by atoms with E-state index in [1.807, 2.05) is 84.9 Å². The Morgan fingerprint density at radius 2 is 0.857 bits per heavy atom. The molecule has 202 valence electrons. The zero-order chi connectivity index (χ0) is 28.5. The van der Waals surface area contributed by atoms with Crippen LogP contribution >= 0.6 is 0 Å². The van der Waals surface area contributed by atoms with Crippen molar-refractivity contribution in [2.45, 2.75) is 0 Å². The quantitative estimate of drug-likeness (QED) is 0.192. The van der Waals surface area contributed by atoms with E-state index >= 15 is 8.78 Å². The maximum atomic E-state index is 15.1. The van der Waals surface area contributed by atoms with Crippen molar-refractivity contribution < 1.29 is 17.6 Å². The third-order valence-electron chi connectivity index (χ3n) is 7.98. The highest BCUT2D eigenvalue weighted by molar-refractivity contribution is 6.12. The van der Waals surface area contributed by atoms with Crippen molar-refractivity contribution in [2.24, 2.45) is 0 Å². The fraction of sp³-hybridized carbons (Fsp3) is 0. The van der Waals surface area contributed by atoms with E-state index in [1.54, 1.807) is 9.13 Å². The zero-order valence-electron chi connectivity index (χ0n) is 22.0. The van der Waals surface area contributed by atoms with Gasteiger partial charge in [-0.05, 0) is 59.7 Å². The highest BCUT2D eigenvalue weighted by atomic mass is 19.1. The molecule has 0 unspecified atom stereocenters. The summed E-state index contributed by atoms with van der Waals surface area (Å²) in [4.78, 5) is 0. The lowest BCUT2D eigenvalue weighted by molar-refractivity contribution is 0.579. The van der Waals surface area contributed by atoms with Crippen molar-refractivity contribution >= 4 is 43.6 Å². The highest BCUT2D eigenvalue weighted by Crippen LogP contribution is 2.38. The zero-order valence-corrected chi connectivity index (χ0v) is 22.0. The minimum absolute atomic E-state index is 0.126. The fourth-order valence-corrected chi connectivity index (χ4v) is 6.14. The molecule has 0 saturated heterocycles. The van der Waals surface area contributed by atoms with E-state index in [2.05, 4.69) is 0 Å². The molecule has 8 aromatic rings. The predicted molar refractivity (Wildman–Crippen MR) is 160 cm³/mol. The molecule has 0 radical (unpaired) electrons. The molecule has 0 amide bonds. The van der Waals surface area contributed by atoms with Crippen LogP contribution in [0.25, 0.3) is 66.1 Å². The van der Waals surface area contributed by atoms with Crippen LogP contribution in [0.4, 0.5) is 17.6 Å². The van der Waals surface area contributed by atoms with E-state index in [0.29, 0.717) is 0 Å². The standard InChI is InChI=1S/C36H20F4N2/c37-23-12-16-33(30(40)19-23)41-31-7-3-1-5-25(31)27-13-9-21(17-34(27)41)22-10-14-28-26-6-2-4-8-32(26)42(35(28)18-22)36-20-24(38)11-15-29(36)39/h1-20H. The predicted octanol–water partition coefficient (Wildman–Crippen LogP) is 10.1. The van der Waals surface area contributed by atoms with Crippen LogP contribution in [-0.2, 0) is 0 Å². The molecule has 6 aromatic carbocycles. The van der Waals surface area contributed by atoms with Gasteiger partial charge in [-0.15, -0.1) is 0 Å². The van der Waals surface area contributed by atoms with Gasteiger partial charge in [-0.2, -0.15) is 0 Å². The van der Waals surface area contributed by atoms with Gasteiger partial charge in [-0.25, -0.2) is 17.6 Å². The minimum atomic E-state index is -0.661. The molecule has 0 saturated carbocycles. The van der Waals surface area contributed by atoms with Gasteiger partial charge >= 0.3 is 0 Å². The second kappa shape index (κ2) is 9.08. The third kappa shape index (κ3) is 3.58. The first-order valence-corrected chi connectivity index (χ1v) is 13.5. The Morgan fingerprint density at radius 3 is 1.45 bits per heavy atom. The van der Waals surface area contributed by atoms with E-state index < -0.39 is 23.3 Å². The lowest BCUT2D eigenvalue weighted by Crippen LogP contribution is -1.99. The SMILES string of the molecule is Fc1ccc(-n2c3ccccc3c3ccc(-c4ccc5c6ccccc6n(-c6cc(F)ccc6F)c5c4)cc32)c(F)c1. The molecule has 2 aromatic heterocycles. The monoisotopic (exact) mass is 556 g/mol. The molecule has 0 N–H and O–H groups in total. The molecule has 0 fully saturated rings. The minimum Gasteiger partial charge on any atom is -0.306 e. The fourth-order valence-electron chi connectivity index (χ4n) is 6.14. The van der Waals surface area contributed by atoms with Crippen LogP contribution in [-0.4, -0.2) is 9.13 Å². The van der Waals surface area contributed by atoms with Gasteiger partial charge in [0.1, 0.15) is 23.3 Å². The Hall–Kier alpha value is -5.36. The highest BCUT2D eigenvalue weighted by Gasteiger charge is 2.19. The summed E-state index contributed by atoms with van der Waals surface area (Å²) in [5.41, 5.74) is 5.12. The van der Waals surface area contributed by atoms with Gasteiger partial charge in [-0.3, -0.25) is 0 Å².